The van der Waals surface area contributed by atoms with Gasteiger partial charge in [-0.2, -0.15) is 0 Å². The second-order valence-electron chi connectivity index (χ2n) is 8.70. The van der Waals surface area contributed by atoms with E-state index in [0.717, 1.165) is 16.7 Å². The van der Waals surface area contributed by atoms with E-state index in [1.165, 1.54) is 4.90 Å². The molecular weight excluding hydrogens is 480 g/mol. The summed E-state index contributed by atoms with van der Waals surface area (Å²) in [6.45, 7) is 1.59. The SMILES string of the molecule is C[C@H](OC(=O)N(CCO)[C@@H](c1ccccc1)c1ccc(C(=O)Nc2ccccc2N)cc1)c1ccncc1. The molecule has 4 rings (SSSR count). The maximum absolute atomic E-state index is 13.4. The van der Waals surface area contributed by atoms with Crippen molar-refractivity contribution in [2.45, 2.75) is 19.1 Å². The minimum Gasteiger partial charge on any atom is -0.441 e. The monoisotopic (exact) mass is 510 g/mol. The zero-order valence-corrected chi connectivity index (χ0v) is 21.0. The molecule has 0 aliphatic carbocycles. The molecule has 0 saturated heterocycles. The van der Waals surface area contributed by atoms with Crippen molar-refractivity contribution >= 4 is 23.4 Å². The van der Waals surface area contributed by atoms with Crippen molar-refractivity contribution < 1.29 is 19.4 Å². The predicted molar refractivity (Wildman–Crippen MR) is 146 cm³/mol. The van der Waals surface area contributed by atoms with Crippen LogP contribution >= 0.6 is 0 Å². The minimum atomic E-state index is -0.571. The number of rotatable bonds is 9. The molecule has 38 heavy (non-hydrogen) atoms. The van der Waals surface area contributed by atoms with Gasteiger partial charge in [0.2, 0.25) is 0 Å². The molecule has 0 saturated carbocycles. The first-order chi connectivity index (χ1) is 18.5. The summed E-state index contributed by atoms with van der Waals surface area (Å²) in [6.07, 6.45) is 2.20. The van der Waals surface area contributed by atoms with Crippen molar-refractivity contribution in [3.8, 4) is 0 Å². The third-order valence-electron chi connectivity index (χ3n) is 6.15. The van der Waals surface area contributed by atoms with Crippen molar-refractivity contribution in [3.05, 3.63) is 126 Å². The largest absolute Gasteiger partial charge is 0.441 e. The lowest BCUT2D eigenvalue weighted by molar-refractivity contribution is 0.0550. The molecule has 194 valence electrons. The number of anilines is 2. The molecule has 4 N–H and O–H groups in total. The van der Waals surface area contributed by atoms with Gasteiger partial charge in [-0.25, -0.2) is 4.79 Å². The van der Waals surface area contributed by atoms with Crippen LogP contribution in [0.15, 0.2) is 103 Å². The normalized spacial score (nSPS) is 12.3. The van der Waals surface area contributed by atoms with Gasteiger partial charge in [-0.05, 0) is 60.0 Å². The summed E-state index contributed by atoms with van der Waals surface area (Å²) < 4.78 is 5.79. The van der Waals surface area contributed by atoms with E-state index in [-0.39, 0.29) is 19.1 Å². The number of carbonyl (C=O) groups is 2. The van der Waals surface area contributed by atoms with Gasteiger partial charge in [0.25, 0.3) is 5.91 Å². The van der Waals surface area contributed by atoms with Crippen LogP contribution in [0.1, 0.15) is 46.1 Å². The van der Waals surface area contributed by atoms with E-state index in [2.05, 4.69) is 10.3 Å². The third kappa shape index (κ3) is 6.35. The molecule has 2 amide bonds. The fourth-order valence-electron chi connectivity index (χ4n) is 4.16. The molecule has 8 nitrogen and oxygen atoms in total. The summed E-state index contributed by atoms with van der Waals surface area (Å²) in [5.74, 6) is -0.302. The van der Waals surface area contributed by atoms with Crippen LogP contribution < -0.4 is 11.1 Å². The van der Waals surface area contributed by atoms with E-state index in [0.29, 0.717) is 16.9 Å². The van der Waals surface area contributed by atoms with Crippen LogP contribution in [0.3, 0.4) is 0 Å². The Balaban J connectivity index is 1.61. The fraction of sp³-hybridized carbons (Fsp3) is 0.167. The van der Waals surface area contributed by atoms with Gasteiger partial charge in [0.1, 0.15) is 6.10 Å². The number of pyridine rings is 1. The zero-order valence-electron chi connectivity index (χ0n) is 21.0. The number of ether oxygens (including phenoxy) is 1. The lowest BCUT2D eigenvalue weighted by Gasteiger charge is -2.32. The number of hydrogen-bond acceptors (Lipinski definition) is 6. The number of nitrogens with one attached hydrogen (secondary N) is 1. The lowest BCUT2D eigenvalue weighted by Crippen LogP contribution is -2.38. The van der Waals surface area contributed by atoms with Crippen LogP contribution in [0, 0.1) is 0 Å². The molecule has 0 spiro atoms. The number of benzene rings is 3. The maximum atomic E-state index is 13.4. The van der Waals surface area contributed by atoms with Gasteiger partial charge in [0.05, 0.1) is 24.0 Å². The molecule has 0 fully saturated rings. The fourth-order valence-corrected chi connectivity index (χ4v) is 4.16. The summed E-state index contributed by atoms with van der Waals surface area (Å²) in [6, 6.07) is 26.5. The van der Waals surface area contributed by atoms with Crippen LogP contribution in [0.2, 0.25) is 0 Å². The van der Waals surface area contributed by atoms with Crippen LogP contribution in [-0.4, -0.2) is 40.1 Å². The van der Waals surface area contributed by atoms with E-state index in [1.807, 2.05) is 30.3 Å². The number of aromatic nitrogens is 1. The van der Waals surface area contributed by atoms with Gasteiger partial charge in [0, 0.05) is 24.5 Å². The maximum Gasteiger partial charge on any atom is 0.411 e. The molecule has 0 aliphatic rings. The van der Waals surface area contributed by atoms with Gasteiger partial charge < -0.3 is 20.9 Å². The molecule has 4 aromatic rings. The van der Waals surface area contributed by atoms with Crippen molar-refractivity contribution in [1.82, 2.24) is 9.88 Å². The first-order valence-electron chi connectivity index (χ1n) is 12.3. The number of carbonyl (C=O) groups excluding carboxylic acids is 2. The van der Waals surface area contributed by atoms with E-state index in [1.54, 1.807) is 80.0 Å². The average molecular weight is 511 g/mol. The van der Waals surface area contributed by atoms with Crippen molar-refractivity contribution in [1.29, 1.82) is 0 Å². The number of aliphatic hydroxyl groups excluding tert-OH is 1. The van der Waals surface area contributed by atoms with Gasteiger partial charge >= 0.3 is 6.09 Å². The molecule has 8 heteroatoms. The second-order valence-corrected chi connectivity index (χ2v) is 8.70. The molecule has 0 bridgehead atoms. The van der Waals surface area contributed by atoms with Crippen molar-refractivity contribution in [2.75, 3.05) is 24.2 Å². The Labute approximate surface area is 221 Å². The summed E-state index contributed by atoms with van der Waals surface area (Å²) in [5.41, 5.74) is 9.79. The van der Waals surface area contributed by atoms with Crippen LogP contribution in [0.25, 0.3) is 0 Å². The number of nitrogens with two attached hydrogens (primary N) is 1. The Morgan fingerprint density at radius 2 is 1.53 bits per heavy atom. The molecule has 2 atom stereocenters. The van der Waals surface area contributed by atoms with Gasteiger partial charge in [-0.15, -0.1) is 0 Å². The van der Waals surface area contributed by atoms with Gasteiger partial charge in [-0.3, -0.25) is 14.7 Å². The highest BCUT2D eigenvalue weighted by Gasteiger charge is 2.29. The van der Waals surface area contributed by atoms with E-state index in [4.69, 9.17) is 10.5 Å². The van der Waals surface area contributed by atoms with Crippen LogP contribution in [0.5, 0.6) is 0 Å². The summed E-state index contributed by atoms with van der Waals surface area (Å²) in [7, 11) is 0. The first-order valence-corrected chi connectivity index (χ1v) is 12.3. The summed E-state index contributed by atoms with van der Waals surface area (Å²) >= 11 is 0. The quantitative estimate of drug-likeness (QED) is 0.267. The average Bonchev–Trinajstić information content (AvgIpc) is 2.95. The summed E-state index contributed by atoms with van der Waals surface area (Å²) in [4.78, 5) is 31.7. The first kappa shape index (κ1) is 26.4. The number of nitrogen functional groups attached to an aromatic ring is 1. The number of hydrogen-bond donors (Lipinski definition) is 3. The Bertz CT molecular complexity index is 1350. The molecule has 1 heterocycles. The molecular formula is C30H30N4O4. The van der Waals surface area contributed by atoms with Crippen LogP contribution in [0.4, 0.5) is 16.2 Å². The summed E-state index contributed by atoms with van der Waals surface area (Å²) in [5, 5.41) is 12.7. The topological polar surface area (TPSA) is 118 Å². The van der Waals surface area contributed by atoms with E-state index < -0.39 is 18.2 Å². The van der Waals surface area contributed by atoms with Crippen LogP contribution in [-0.2, 0) is 4.74 Å². The highest BCUT2D eigenvalue weighted by molar-refractivity contribution is 6.05. The Morgan fingerprint density at radius 1 is 0.895 bits per heavy atom. The smallest absolute Gasteiger partial charge is 0.411 e. The molecule has 0 unspecified atom stereocenters. The Morgan fingerprint density at radius 3 is 2.18 bits per heavy atom. The van der Waals surface area contributed by atoms with Crippen molar-refractivity contribution in [3.63, 3.8) is 0 Å². The number of para-hydroxylation sites is 2. The zero-order chi connectivity index (χ0) is 26.9. The molecule has 0 aliphatic heterocycles. The van der Waals surface area contributed by atoms with Gasteiger partial charge in [0.15, 0.2) is 0 Å². The number of amides is 2. The lowest BCUT2D eigenvalue weighted by atomic mass is 9.96. The third-order valence-corrected chi connectivity index (χ3v) is 6.15. The van der Waals surface area contributed by atoms with Gasteiger partial charge in [-0.1, -0.05) is 54.6 Å². The number of aliphatic hydroxyl groups is 1. The molecule has 1 aromatic heterocycles. The second kappa shape index (κ2) is 12.5. The highest BCUT2D eigenvalue weighted by atomic mass is 16.6. The van der Waals surface area contributed by atoms with E-state index >= 15 is 0 Å². The van der Waals surface area contributed by atoms with Crippen molar-refractivity contribution in [2.24, 2.45) is 0 Å². The Hall–Kier alpha value is -4.69. The van der Waals surface area contributed by atoms with E-state index in [9.17, 15) is 14.7 Å². The number of nitrogens with zero attached hydrogens (tertiary/aromatic N) is 2. The minimum absolute atomic E-state index is 0.0526. The standard InChI is InChI=1S/C30H30N4O4/c1-21(22-15-17-32-18-16-22)38-30(37)34(19-20-35)28(23-7-3-2-4-8-23)24-11-13-25(14-12-24)29(36)33-27-10-6-5-9-26(27)31/h2-18,21,28,35H,19-20,31H2,1H3,(H,33,36)/t21-,28-/m0/s1. The molecule has 3 aromatic carbocycles. The highest BCUT2D eigenvalue weighted by Crippen LogP contribution is 2.31. The Kier molecular flexibility index (Phi) is 8.69. The molecule has 0 radical (unpaired) electrons. The predicted octanol–water partition coefficient (Wildman–Crippen LogP) is 5.20.